The summed E-state index contributed by atoms with van der Waals surface area (Å²) < 4.78 is 30.0. The fraction of sp³-hybridized carbons (Fsp3) is 0.345. The zero-order chi connectivity index (χ0) is 26.2. The molecule has 1 heterocycles. The van der Waals surface area contributed by atoms with Crippen LogP contribution in [0.25, 0.3) is 0 Å². The van der Waals surface area contributed by atoms with Crippen molar-refractivity contribution < 1.29 is 18.3 Å². The van der Waals surface area contributed by atoms with Gasteiger partial charge >= 0.3 is 5.97 Å². The van der Waals surface area contributed by atoms with Crippen LogP contribution in [0, 0.1) is 32.6 Å². The molecule has 4 rings (SSSR count). The first-order chi connectivity index (χ1) is 17.0. The van der Waals surface area contributed by atoms with Gasteiger partial charge in [0.05, 0.1) is 16.9 Å². The first-order valence-electron chi connectivity index (χ1n) is 12.1. The summed E-state index contributed by atoms with van der Waals surface area (Å²) in [5, 5.41) is 10.1. The number of hydrogen-bond donors (Lipinski definition) is 1. The molecular weight excluding hydrogens is 490 g/mol. The van der Waals surface area contributed by atoms with Gasteiger partial charge in [-0.2, -0.15) is 4.31 Å². The van der Waals surface area contributed by atoms with Gasteiger partial charge in [0.1, 0.15) is 0 Å². The fourth-order valence-corrected chi connectivity index (χ4v) is 8.66. The number of aliphatic carboxylic acids is 1. The van der Waals surface area contributed by atoms with Crippen molar-refractivity contribution in [2.45, 2.75) is 61.7 Å². The zero-order valence-electron chi connectivity index (χ0n) is 21.3. The van der Waals surface area contributed by atoms with Crippen LogP contribution in [0.15, 0.2) is 82.6 Å². The summed E-state index contributed by atoms with van der Waals surface area (Å²) in [4.78, 5) is 14.0. The molecule has 0 bridgehead atoms. The zero-order valence-corrected chi connectivity index (χ0v) is 22.9. The Kier molecular flexibility index (Phi) is 7.64. The molecule has 0 radical (unpaired) electrons. The lowest BCUT2D eigenvalue weighted by atomic mass is 9.91. The van der Waals surface area contributed by atoms with E-state index in [9.17, 15) is 18.3 Å². The van der Waals surface area contributed by atoms with Crippen molar-refractivity contribution in [1.82, 2.24) is 4.31 Å². The van der Waals surface area contributed by atoms with E-state index in [2.05, 4.69) is 0 Å². The van der Waals surface area contributed by atoms with Crippen molar-refractivity contribution in [3.8, 4) is 0 Å². The summed E-state index contributed by atoms with van der Waals surface area (Å²) >= 11 is 1.46. The topological polar surface area (TPSA) is 74.7 Å². The smallest absolute Gasteiger partial charge is 0.309 e. The maximum Gasteiger partial charge on any atom is 0.309 e. The van der Waals surface area contributed by atoms with Crippen molar-refractivity contribution in [2.24, 2.45) is 11.8 Å². The van der Waals surface area contributed by atoms with Crippen LogP contribution in [-0.2, 0) is 14.8 Å². The van der Waals surface area contributed by atoms with E-state index in [-0.39, 0.29) is 10.8 Å². The van der Waals surface area contributed by atoms with Crippen molar-refractivity contribution >= 4 is 27.8 Å². The molecule has 1 aliphatic heterocycles. The number of sulfonamides is 1. The number of thioether (sulfide) groups is 1. The predicted molar refractivity (Wildman–Crippen MR) is 145 cm³/mol. The largest absolute Gasteiger partial charge is 0.481 e. The van der Waals surface area contributed by atoms with Crippen molar-refractivity contribution in [3.05, 3.63) is 95.1 Å². The van der Waals surface area contributed by atoms with E-state index in [1.165, 1.54) is 16.1 Å². The standard InChI is InChI=1S/C29H33NO4S2/c1-18(2)26-28(35-23-14-8-20(4)9-15-23)25(29(31)32)27(22-12-6-19(3)7-13-22)30(26)36(33,34)24-16-10-21(5)11-17-24/h6-18,25-28H,1-5H3,(H,31,32)/t25-,26+,27-,28-/m0/s1. The third kappa shape index (κ3) is 5.10. The highest BCUT2D eigenvalue weighted by atomic mass is 32.2. The number of aryl methyl sites for hydroxylation is 3. The van der Waals surface area contributed by atoms with Gasteiger partial charge in [-0.05, 0) is 56.5 Å². The number of rotatable bonds is 7. The summed E-state index contributed by atoms with van der Waals surface area (Å²) in [7, 11) is -4.00. The first kappa shape index (κ1) is 26.5. The summed E-state index contributed by atoms with van der Waals surface area (Å²) in [5.74, 6) is -2.02. The third-order valence-corrected chi connectivity index (χ3v) is 10.2. The molecule has 4 atom stereocenters. The molecular formula is C29H33NO4S2. The molecule has 36 heavy (non-hydrogen) atoms. The SMILES string of the molecule is Cc1ccc(S[C@H]2[C@@H](C(=O)O)[C@H](c3ccc(C)cc3)N(S(=O)(=O)c3ccc(C)cc3)[C@@H]2C(C)C)cc1. The van der Waals surface area contributed by atoms with Crippen LogP contribution in [0.5, 0.6) is 0 Å². The summed E-state index contributed by atoms with van der Waals surface area (Å²) in [6.45, 7) is 9.82. The Bertz CT molecular complexity index is 1320. The molecule has 3 aromatic carbocycles. The number of nitrogens with zero attached hydrogens (tertiary/aromatic N) is 1. The van der Waals surface area contributed by atoms with Gasteiger partial charge < -0.3 is 5.11 Å². The van der Waals surface area contributed by atoms with Crippen molar-refractivity contribution in [2.75, 3.05) is 0 Å². The van der Waals surface area contributed by atoms with Crippen LogP contribution in [0.2, 0.25) is 0 Å². The Morgan fingerprint density at radius 3 is 1.78 bits per heavy atom. The van der Waals surface area contributed by atoms with Gasteiger partial charge in [-0.1, -0.05) is 79.1 Å². The molecule has 0 aliphatic carbocycles. The quantitative estimate of drug-likeness (QED) is 0.397. The normalized spacial score (nSPS) is 22.7. The molecule has 0 saturated carbocycles. The second kappa shape index (κ2) is 10.4. The molecule has 0 aromatic heterocycles. The Balaban J connectivity index is 1.92. The molecule has 0 amide bonds. The monoisotopic (exact) mass is 523 g/mol. The van der Waals surface area contributed by atoms with E-state index < -0.39 is 39.2 Å². The van der Waals surface area contributed by atoms with Gasteiger partial charge in [-0.25, -0.2) is 8.42 Å². The first-order valence-corrected chi connectivity index (χ1v) is 14.5. The lowest BCUT2D eigenvalue weighted by molar-refractivity contribution is -0.142. The lowest BCUT2D eigenvalue weighted by Gasteiger charge is -2.33. The predicted octanol–water partition coefficient (Wildman–Crippen LogP) is 6.24. The Morgan fingerprint density at radius 2 is 1.31 bits per heavy atom. The number of carboxylic acid groups (broad SMARTS) is 1. The van der Waals surface area contributed by atoms with Crippen LogP contribution < -0.4 is 0 Å². The highest BCUT2D eigenvalue weighted by Gasteiger charge is 2.58. The van der Waals surface area contributed by atoms with Crippen LogP contribution in [0.1, 0.15) is 42.1 Å². The molecule has 0 spiro atoms. The second-order valence-electron chi connectivity index (χ2n) is 10.00. The van der Waals surface area contributed by atoms with Gasteiger partial charge in [0.2, 0.25) is 10.0 Å². The number of carboxylic acids is 1. The van der Waals surface area contributed by atoms with E-state index in [1.807, 2.05) is 83.1 Å². The van der Waals surface area contributed by atoms with Crippen molar-refractivity contribution in [1.29, 1.82) is 0 Å². The van der Waals surface area contributed by atoms with Gasteiger partial charge in [-0.3, -0.25) is 4.79 Å². The third-order valence-electron chi connectivity index (χ3n) is 6.88. The maximum atomic E-state index is 14.2. The lowest BCUT2D eigenvalue weighted by Crippen LogP contribution is -2.43. The number of carbonyl (C=O) groups is 1. The summed E-state index contributed by atoms with van der Waals surface area (Å²) in [6, 6.07) is 20.9. The van der Waals surface area contributed by atoms with E-state index in [4.69, 9.17) is 0 Å². The van der Waals surface area contributed by atoms with Crippen LogP contribution in [-0.4, -0.2) is 35.1 Å². The molecule has 0 unspecified atom stereocenters. The van der Waals surface area contributed by atoms with E-state index >= 15 is 0 Å². The maximum absolute atomic E-state index is 14.2. The highest BCUT2D eigenvalue weighted by molar-refractivity contribution is 8.00. The average molecular weight is 524 g/mol. The molecule has 5 nitrogen and oxygen atoms in total. The molecule has 1 saturated heterocycles. The molecule has 1 fully saturated rings. The number of benzene rings is 3. The van der Waals surface area contributed by atoms with Crippen LogP contribution >= 0.6 is 11.8 Å². The number of hydrogen-bond acceptors (Lipinski definition) is 4. The van der Waals surface area contributed by atoms with Crippen LogP contribution in [0.4, 0.5) is 0 Å². The van der Waals surface area contributed by atoms with Gasteiger partial charge in [0.15, 0.2) is 0 Å². The summed E-state index contributed by atoms with van der Waals surface area (Å²) in [5.41, 5.74) is 3.80. The van der Waals surface area contributed by atoms with Crippen LogP contribution in [0.3, 0.4) is 0 Å². The van der Waals surface area contributed by atoms with E-state index in [0.29, 0.717) is 5.56 Å². The Labute approximate surface area is 218 Å². The van der Waals surface area contributed by atoms with Gasteiger partial charge in [0, 0.05) is 16.2 Å². The molecule has 7 heteroatoms. The van der Waals surface area contributed by atoms with E-state index in [1.54, 1.807) is 24.3 Å². The summed E-state index contributed by atoms with van der Waals surface area (Å²) in [6.07, 6.45) is 0. The second-order valence-corrected chi connectivity index (χ2v) is 13.1. The Hall–Kier alpha value is -2.61. The molecule has 3 aromatic rings. The Morgan fingerprint density at radius 1 is 0.833 bits per heavy atom. The van der Waals surface area contributed by atoms with Gasteiger partial charge in [0.25, 0.3) is 0 Å². The minimum atomic E-state index is -4.00. The van der Waals surface area contributed by atoms with E-state index in [0.717, 1.165) is 21.6 Å². The molecule has 190 valence electrons. The molecule has 1 N–H and O–H groups in total. The molecule has 1 aliphatic rings. The van der Waals surface area contributed by atoms with Crippen molar-refractivity contribution in [3.63, 3.8) is 0 Å². The minimum absolute atomic E-state index is 0.106. The van der Waals surface area contributed by atoms with Gasteiger partial charge in [-0.15, -0.1) is 11.8 Å². The minimum Gasteiger partial charge on any atom is -0.481 e. The average Bonchev–Trinajstić information content (AvgIpc) is 3.17. The highest BCUT2D eigenvalue weighted by Crippen LogP contribution is 2.52. The fourth-order valence-electron chi connectivity index (χ4n) is 5.01.